The first-order valence-electron chi connectivity index (χ1n) is 13.0. The molecule has 3 atom stereocenters. The average Bonchev–Trinajstić information content (AvgIpc) is 3.08. The normalized spacial score (nSPS) is 19.3. The van der Waals surface area contributed by atoms with Crippen molar-refractivity contribution in [1.82, 2.24) is 0 Å². The van der Waals surface area contributed by atoms with Gasteiger partial charge in [-0.2, -0.15) is 0 Å². The Balaban J connectivity index is 2.58. The molecule has 0 aromatic heterocycles. The van der Waals surface area contributed by atoms with Crippen molar-refractivity contribution in [2.24, 2.45) is 5.92 Å². The van der Waals surface area contributed by atoms with Crippen LogP contribution in [0.5, 0.6) is 0 Å². The molecule has 0 aliphatic heterocycles. The first-order chi connectivity index (χ1) is 15.9. The molecular weight excluding hydrogens is 420 g/mol. The van der Waals surface area contributed by atoms with E-state index in [1.807, 2.05) is 6.08 Å². The molecule has 0 amide bonds. The van der Waals surface area contributed by atoms with Gasteiger partial charge in [0.2, 0.25) is 0 Å². The number of ether oxygens (including phenoxy) is 2. The van der Waals surface area contributed by atoms with Crippen LogP contribution in [0.4, 0.5) is 0 Å². The molecule has 1 rings (SSSR count). The molecule has 0 bridgehead atoms. The van der Waals surface area contributed by atoms with Crippen LogP contribution >= 0.6 is 0 Å². The van der Waals surface area contributed by atoms with Crippen molar-refractivity contribution in [2.45, 2.75) is 123 Å². The van der Waals surface area contributed by atoms with Gasteiger partial charge in [0.15, 0.2) is 0 Å². The number of esters is 2. The summed E-state index contributed by atoms with van der Waals surface area (Å²) in [6.45, 7) is 6.46. The van der Waals surface area contributed by atoms with Crippen LogP contribution in [-0.4, -0.2) is 41.0 Å². The Bertz CT molecular complexity index is 624. The Labute approximate surface area is 200 Å². The van der Waals surface area contributed by atoms with Crippen LogP contribution in [0, 0.1) is 5.92 Å². The first kappa shape index (κ1) is 29.4. The van der Waals surface area contributed by atoms with Crippen LogP contribution in [0.25, 0.3) is 0 Å². The predicted octanol–water partition coefficient (Wildman–Crippen LogP) is 5.76. The van der Waals surface area contributed by atoms with Gasteiger partial charge in [0.25, 0.3) is 0 Å². The van der Waals surface area contributed by atoms with Gasteiger partial charge in [-0.1, -0.05) is 71.4 Å². The number of carbonyl (C=O) groups excluding carboxylic acids is 2. The fourth-order valence-electron chi connectivity index (χ4n) is 4.02. The smallest absolute Gasteiger partial charge is 0.310 e. The number of hydrogen-bond acceptors (Lipinski definition) is 6. The highest BCUT2D eigenvalue weighted by molar-refractivity contribution is 5.70. The minimum Gasteiger partial charge on any atom is -0.466 e. The maximum absolute atomic E-state index is 11.9. The van der Waals surface area contributed by atoms with E-state index in [9.17, 15) is 19.8 Å². The molecule has 190 valence electrons. The summed E-state index contributed by atoms with van der Waals surface area (Å²) >= 11 is 0. The molecule has 6 heteroatoms. The van der Waals surface area contributed by atoms with Crippen molar-refractivity contribution in [3.05, 3.63) is 23.5 Å². The Morgan fingerprint density at radius 2 is 1.73 bits per heavy atom. The zero-order chi connectivity index (χ0) is 24.5. The SMILES string of the molecule is CCCCC[C@H](O)/C=C/[C@@H]1C(CCCCCCC(=O)OCCCC)=C(OC(=O)CC)C[C@H]1O. The van der Waals surface area contributed by atoms with Crippen LogP contribution in [-0.2, 0) is 19.1 Å². The molecule has 0 aromatic rings. The maximum Gasteiger partial charge on any atom is 0.310 e. The number of hydrogen-bond donors (Lipinski definition) is 2. The van der Waals surface area contributed by atoms with E-state index in [1.165, 1.54) is 0 Å². The molecule has 33 heavy (non-hydrogen) atoms. The van der Waals surface area contributed by atoms with E-state index in [1.54, 1.807) is 13.0 Å². The van der Waals surface area contributed by atoms with E-state index < -0.39 is 12.2 Å². The van der Waals surface area contributed by atoms with Crippen molar-refractivity contribution in [2.75, 3.05) is 6.61 Å². The van der Waals surface area contributed by atoms with Crippen molar-refractivity contribution in [1.29, 1.82) is 0 Å². The third-order valence-corrected chi connectivity index (χ3v) is 6.08. The number of aliphatic hydroxyl groups is 2. The Morgan fingerprint density at radius 1 is 1.00 bits per heavy atom. The van der Waals surface area contributed by atoms with E-state index in [0.29, 0.717) is 31.6 Å². The fourth-order valence-corrected chi connectivity index (χ4v) is 4.02. The van der Waals surface area contributed by atoms with E-state index >= 15 is 0 Å². The van der Waals surface area contributed by atoms with Crippen molar-refractivity contribution >= 4 is 11.9 Å². The standard InChI is InChI=1S/C27H46O6/c1-4-7-11-14-21(28)17-18-22-23(25(20-24(22)29)33-26(30)6-3)15-12-9-10-13-16-27(31)32-19-8-5-2/h17-18,21-22,24,28-29H,4-16,19-20H2,1-3H3/b18-17+/t21-,22+,24+/m0/s1. The minimum absolute atomic E-state index is 0.124. The molecule has 1 aliphatic carbocycles. The summed E-state index contributed by atoms with van der Waals surface area (Å²) in [5.74, 6) is -0.0648. The average molecular weight is 467 g/mol. The summed E-state index contributed by atoms with van der Waals surface area (Å²) in [5, 5.41) is 20.9. The highest BCUT2D eigenvalue weighted by Gasteiger charge is 2.33. The Morgan fingerprint density at radius 3 is 2.42 bits per heavy atom. The van der Waals surface area contributed by atoms with Gasteiger partial charge in [-0.3, -0.25) is 9.59 Å². The Kier molecular flexibility index (Phi) is 15.8. The molecule has 0 aromatic carbocycles. The quantitative estimate of drug-likeness (QED) is 0.152. The van der Waals surface area contributed by atoms with Gasteiger partial charge in [-0.25, -0.2) is 0 Å². The van der Waals surface area contributed by atoms with Gasteiger partial charge in [-0.05, 0) is 37.7 Å². The molecule has 6 nitrogen and oxygen atoms in total. The maximum atomic E-state index is 11.9. The second kappa shape index (κ2) is 17.8. The lowest BCUT2D eigenvalue weighted by molar-refractivity contribution is -0.144. The van der Waals surface area contributed by atoms with Crippen LogP contribution in [0.3, 0.4) is 0 Å². The van der Waals surface area contributed by atoms with Gasteiger partial charge >= 0.3 is 11.9 Å². The second-order valence-corrected chi connectivity index (χ2v) is 9.01. The Hall–Kier alpha value is -1.66. The molecular formula is C27H46O6. The molecule has 0 saturated carbocycles. The minimum atomic E-state index is -0.642. The van der Waals surface area contributed by atoms with Crippen molar-refractivity contribution in [3.8, 4) is 0 Å². The highest BCUT2D eigenvalue weighted by Crippen LogP contribution is 2.37. The fraction of sp³-hybridized carbons (Fsp3) is 0.778. The highest BCUT2D eigenvalue weighted by atomic mass is 16.5. The van der Waals surface area contributed by atoms with Gasteiger partial charge in [0.05, 0.1) is 18.8 Å². The lowest BCUT2D eigenvalue weighted by atomic mass is 9.93. The lowest BCUT2D eigenvalue weighted by Crippen LogP contribution is -2.15. The van der Waals surface area contributed by atoms with Crippen LogP contribution in [0.1, 0.15) is 111 Å². The predicted molar refractivity (Wildman–Crippen MR) is 130 cm³/mol. The molecule has 0 fully saturated rings. The van der Waals surface area contributed by atoms with E-state index in [-0.39, 0.29) is 24.3 Å². The summed E-state index contributed by atoms with van der Waals surface area (Å²) in [7, 11) is 0. The van der Waals surface area contributed by atoms with Crippen molar-refractivity contribution in [3.63, 3.8) is 0 Å². The van der Waals surface area contributed by atoms with Gasteiger partial charge in [0, 0.05) is 25.2 Å². The van der Waals surface area contributed by atoms with Crippen molar-refractivity contribution < 1.29 is 29.3 Å². The van der Waals surface area contributed by atoms with Crippen LogP contribution in [0.2, 0.25) is 0 Å². The van der Waals surface area contributed by atoms with Gasteiger partial charge < -0.3 is 19.7 Å². The van der Waals surface area contributed by atoms with Crippen LogP contribution < -0.4 is 0 Å². The van der Waals surface area contributed by atoms with E-state index in [2.05, 4.69) is 13.8 Å². The number of carbonyl (C=O) groups is 2. The zero-order valence-electron chi connectivity index (χ0n) is 21.0. The monoisotopic (exact) mass is 466 g/mol. The summed E-state index contributed by atoms with van der Waals surface area (Å²) in [6, 6.07) is 0. The molecule has 0 heterocycles. The number of unbranched alkanes of at least 4 members (excludes halogenated alkanes) is 6. The topological polar surface area (TPSA) is 93.1 Å². The summed E-state index contributed by atoms with van der Waals surface area (Å²) < 4.78 is 10.7. The molecule has 0 saturated heterocycles. The number of rotatable bonds is 18. The molecule has 0 spiro atoms. The second-order valence-electron chi connectivity index (χ2n) is 9.01. The molecule has 2 N–H and O–H groups in total. The molecule has 0 radical (unpaired) electrons. The van der Waals surface area contributed by atoms with E-state index in [0.717, 1.165) is 69.8 Å². The summed E-state index contributed by atoms with van der Waals surface area (Å²) in [6.07, 6.45) is 13.7. The van der Waals surface area contributed by atoms with E-state index in [4.69, 9.17) is 9.47 Å². The van der Waals surface area contributed by atoms with Crippen LogP contribution in [0.15, 0.2) is 23.5 Å². The first-order valence-corrected chi connectivity index (χ1v) is 13.0. The molecule has 0 unspecified atom stereocenters. The lowest BCUT2D eigenvalue weighted by Gasteiger charge is -2.16. The largest absolute Gasteiger partial charge is 0.466 e. The summed E-state index contributed by atoms with van der Waals surface area (Å²) in [4.78, 5) is 23.6. The zero-order valence-corrected chi connectivity index (χ0v) is 21.0. The van der Waals surface area contributed by atoms with Gasteiger partial charge in [0.1, 0.15) is 5.76 Å². The third kappa shape index (κ3) is 12.4. The summed E-state index contributed by atoms with van der Waals surface area (Å²) in [5.41, 5.74) is 0.959. The van der Waals surface area contributed by atoms with Gasteiger partial charge in [-0.15, -0.1) is 0 Å². The molecule has 1 aliphatic rings. The number of aliphatic hydroxyl groups excluding tert-OH is 2. The third-order valence-electron chi connectivity index (χ3n) is 6.08.